The Morgan fingerprint density at radius 1 is 1.31 bits per heavy atom. The van der Waals surface area contributed by atoms with Gasteiger partial charge in [0.05, 0.1) is 6.04 Å². The molecule has 0 spiro atoms. The minimum Gasteiger partial charge on any atom is -0.321 e. The first kappa shape index (κ1) is 12.6. The lowest BCUT2D eigenvalue weighted by Gasteiger charge is -2.14. The van der Waals surface area contributed by atoms with Gasteiger partial charge < -0.3 is 11.1 Å². The lowest BCUT2D eigenvalue weighted by atomic mass is 10.0. The Morgan fingerprint density at radius 2 is 1.85 bits per heavy atom. The molecule has 0 aromatic carbocycles. The van der Waals surface area contributed by atoms with Crippen molar-refractivity contribution < 1.29 is 4.79 Å². The summed E-state index contributed by atoms with van der Waals surface area (Å²) in [6.45, 7) is 8.75. The highest BCUT2D eigenvalue weighted by molar-refractivity contribution is 5.85. The molecule has 3 N–H and O–H groups in total. The largest absolute Gasteiger partial charge is 0.321 e. The van der Waals surface area contributed by atoms with Gasteiger partial charge in [-0.3, -0.25) is 4.79 Å². The van der Waals surface area contributed by atoms with Crippen LogP contribution in [0.25, 0.3) is 0 Å². The van der Waals surface area contributed by atoms with E-state index >= 15 is 0 Å². The van der Waals surface area contributed by atoms with E-state index in [9.17, 15) is 4.79 Å². The molecular weight excluding hydrogens is 164 g/mol. The number of carbonyl (C=O) groups excluding carboxylic acids is 1. The van der Waals surface area contributed by atoms with Crippen LogP contribution in [0.5, 0.6) is 0 Å². The molecule has 13 heavy (non-hydrogen) atoms. The summed E-state index contributed by atoms with van der Waals surface area (Å²) in [6, 6.07) is 0.160. The van der Waals surface area contributed by atoms with Crippen LogP contribution >= 0.6 is 0 Å². The molecule has 0 amide bonds. The molecule has 0 heterocycles. The van der Waals surface area contributed by atoms with E-state index in [-0.39, 0.29) is 17.7 Å². The van der Waals surface area contributed by atoms with Crippen molar-refractivity contribution in [2.24, 2.45) is 11.7 Å². The van der Waals surface area contributed by atoms with Crippen LogP contribution in [0, 0.1) is 5.92 Å². The maximum Gasteiger partial charge on any atom is 0.152 e. The van der Waals surface area contributed by atoms with Gasteiger partial charge in [0.25, 0.3) is 0 Å². The zero-order valence-corrected chi connectivity index (χ0v) is 9.13. The molecule has 0 bridgehead atoms. The fourth-order valence-corrected chi connectivity index (χ4v) is 1.10. The maximum atomic E-state index is 11.4. The van der Waals surface area contributed by atoms with E-state index in [1.807, 2.05) is 13.8 Å². The van der Waals surface area contributed by atoms with Crippen LogP contribution in [0.4, 0.5) is 0 Å². The summed E-state index contributed by atoms with van der Waals surface area (Å²) < 4.78 is 0. The summed E-state index contributed by atoms with van der Waals surface area (Å²) in [5.41, 5.74) is 5.71. The Labute approximate surface area is 81.1 Å². The second kappa shape index (κ2) is 6.11. The van der Waals surface area contributed by atoms with Crippen LogP contribution in [0.15, 0.2) is 0 Å². The molecule has 0 saturated heterocycles. The van der Waals surface area contributed by atoms with E-state index in [4.69, 9.17) is 5.73 Å². The highest BCUT2D eigenvalue weighted by Gasteiger charge is 2.15. The smallest absolute Gasteiger partial charge is 0.152 e. The summed E-state index contributed by atoms with van der Waals surface area (Å²) in [5.74, 6) is 0.208. The van der Waals surface area contributed by atoms with Gasteiger partial charge in [-0.05, 0) is 13.0 Å². The average Bonchev–Trinajstić information content (AvgIpc) is 2.02. The van der Waals surface area contributed by atoms with Crippen LogP contribution in [0.1, 0.15) is 34.1 Å². The van der Waals surface area contributed by atoms with E-state index in [0.29, 0.717) is 6.04 Å². The summed E-state index contributed by atoms with van der Waals surface area (Å²) in [5, 5.41) is 3.24. The minimum absolute atomic E-state index is 0.0500. The van der Waals surface area contributed by atoms with Crippen molar-refractivity contribution in [3.8, 4) is 0 Å². The fraction of sp³-hybridized carbons (Fsp3) is 0.900. The molecule has 78 valence electrons. The first-order chi connectivity index (χ1) is 5.95. The zero-order chi connectivity index (χ0) is 10.4. The van der Waals surface area contributed by atoms with E-state index in [1.165, 1.54) is 0 Å². The molecule has 3 nitrogen and oxygen atoms in total. The van der Waals surface area contributed by atoms with Crippen molar-refractivity contribution in [1.29, 1.82) is 0 Å². The molecule has 0 radical (unpaired) electrons. The monoisotopic (exact) mass is 186 g/mol. The maximum absolute atomic E-state index is 11.4. The molecule has 0 aromatic heterocycles. The van der Waals surface area contributed by atoms with E-state index in [1.54, 1.807) is 0 Å². The lowest BCUT2D eigenvalue weighted by Crippen LogP contribution is -2.37. The van der Waals surface area contributed by atoms with Crippen LogP contribution in [0.3, 0.4) is 0 Å². The number of ketones is 1. The molecule has 0 aliphatic rings. The Balaban J connectivity index is 3.62. The summed E-state index contributed by atoms with van der Waals surface area (Å²) in [7, 11) is 0. The Morgan fingerprint density at radius 3 is 2.23 bits per heavy atom. The molecule has 0 aliphatic heterocycles. The molecule has 1 atom stereocenters. The third-order valence-corrected chi connectivity index (χ3v) is 1.94. The summed E-state index contributed by atoms with van der Waals surface area (Å²) in [6.07, 6.45) is 0.731. The van der Waals surface area contributed by atoms with Crippen molar-refractivity contribution in [1.82, 2.24) is 5.32 Å². The van der Waals surface area contributed by atoms with Crippen molar-refractivity contribution in [3.05, 3.63) is 0 Å². The minimum atomic E-state index is -0.300. The predicted molar refractivity (Wildman–Crippen MR) is 55.6 cm³/mol. The van der Waals surface area contributed by atoms with Gasteiger partial charge in [-0.25, -0.2) is 0 Å². The quantitative estimate of drug-likeness (QED) is 0.648. The van der Waals surface area contributed by atoms with Crippen molar-refractivity contribution in [2.75, 3.05) is 6.54 Å². The van der Waals surface area contributed by atoms with E-state index < -0.39 is 0 Å². The van der Waals surface area contributed by atoms with Gasteiger partial charge in [0.15, 0.2) is 5.78 Å². The number of hydrogen-bond donors (Lipinski definition) is 2. The highest BCUT2D eigenvalue weighted by Crippen LogP contribution is 2.00. The Kier molecular flexibility index (Phi) is 5.91. The topological polar surface area (TPSA) is 55.1 Å². The van der Waals surface area contributed by atoms with Crippen LogP contribution in [0.2, 0.25) is 0 Å². The fourth-order valence-electron chi connectivity index (χ4n) is 1.10. The summed E-state index contributed by atoms with van der Waals surface area (Å²) in [4.78, 5) is 11.4. The molecular formula is C10H22N2O. The number of rotatable bonds is 6. The van der Waals surface area contributed by atoms with Crippen molar-refractivity contribution in [3.63, 3.8) is 0 Å². The van der Waals surface area contributed by atoms with Crippen molar-refractivity contribution >= 4 is 5.78 Å². The van der Waals surface area contributed by atoms with Gasteiger partial charge in [0.1, 0.15) is 0 Å². The van der Waals surface area contributed by atoms with Gasteiger partial charge in [-0.1, -0.05) is 27.7 Å². The molecule has 3 heteroatoms. The number of nitrogens with two attached hydrogens (primary N) is 1. The zero-order valence-electron chi connectivity index (χ0n) is 9.13. The SMILES string of the molecule is CC(C)NCC[C@@H](N)C(=O)C(C)C. The first-order valence-electron chi connectivity index (χ1n) is 4.97. The third kappa shape index (κ3) is 5.77. The molecule has 0 aromatic rings. The Bertz CT molecular complexity index is 155. The average molecular weight is 186 g/mol. The van der Waals surface area contributed by atoms with Gasteiger partial charge in [0, 0.05) is 12.0 Å². The highest BCUT2D eigenvalue weighted by atomic mass is 16.1. The third-order valence-electron chi connectivity index (χ3n) is 1.94. The van der Waals surface area contributed by atoms with E-state index in [0.717, 1.165) is 13.0 Å². The second-order valence-corrected chi connectivity index (χ2v) is 4.06. The van der Waals surface area contributed by atoms with Gasteiger partial charge >= 0.3 is 0 Å². The molecule has 0 unspecified atom stereocenters. The first-order valence-corrected chi connectivity index (χ1v) is 4.97. The van der Waals surface area contributed by atoms with Gasteiger partial charge in [-0.2, -0.15) is 0 Å². The van der Waals surface area contributed by atoms with Gasteiger partial charge in [0.2, 0.25) is 0 Å². The number of hydrogen-bond acceptors (Lipinski definition) is 3. The molecule has 0 rings (SSSR count). The number of carbonyl (C=O) groups is 1. The number of Topliss-reactive ketones (excluding diaryl/α,β-unsaturated/α-hetero) is 1. The number of nitrogens with one attached hydrogen (secondary N) is 1. The van der Waals surface area contributed by atoms with Crippen LogP contribution in [-0.4, -0.2) is 24.4 Å². The second-order valence-electron chi connectivity index (χ2n) is 4.06. The normalized spacial score (nSPS) is 13.8. The predicted octanol–water partition coefficient (Wildman–Crippen LogP) is 0.927. The van der Waals surface area contributed by atoms with Crippen LogP contribution in [-0.2, 0) is 4.79 Å². The van der Waals surface area contributed by atoms with Gasteiger partial charge in [-0.15, -0.1) is 0 Å². The Hall–Kier alpha value is -0.410. The van der Waals surface area contributed by atoms with Crippen molar-refractivity contribution in [2.45, 2.75) is 46.2 Å². The molecule has 0 saturated carbocycles. The van der Waals surface area contributed by atoms with Crippen LogP contribution < -0.4 is 11.1 Å². The molecule has 0 fully saturated rings. The van der Waals surface area contributed by atoms with E-state index in [2.05, 4.69) is 19.2 Å². The standard InChI is InChI=1S/C10H22N2O/c1-7(2)10(13)9(11)5-6-12-8(3)4/h7-9,12H,5-6,11H2,1-4H3/t9-/m1/s1. The lowest BCUT2D eigenvalue weighted by molar-refractivity contribution is -0.123. The molecule has 0 aliphatic carbocycles. The summed E-state index contributed by atoms with van der Waals surface area (Å²) >= 11 is 0.